The number of H-pyrrole nitrogens is 2. The fourth-order valence-corrected chi connectivity index (χ4v) is 1.39. The number of hydrogen-bond donors (Lipinski definition) is 3. The molecule has 0 unspecified atom stereocenters. The van der Waals surface area contributed by atoms with Crippen LogP contribution in [0.2, 0.25) is 0 Å². The lowest BCUT2D eigenvalue weighted by atomic mass is 10.1. The highest BCUT2D eigenvalue weighted by Crippen LogP contribution is 2.15. The van der Waals surface area contributed by atoms with Crippen LogP contribution in [0.25, 0.3) is 11.0 Å². The van der Waals surface area contributed by atoms with E-state index in [0.717, 1.165) is 0 Å². The van der Waals surface area contributed by atoms with Gasteiger partial charge in [-0.05, 0) is 24.6 Å². The Morgan fingerprint density at radius 3 is 2.33 bits per heavy atom. The molecule has 0 aliphatic rings. The van der Waals surface area contributed by atoms with Crippen LogP contribution < -0.4 is 11.1 Å². The topological polar surface area (TPSA) is 85.9 Å². The van der Waals surface area contributed by atoms with Gasteiger partial charge in [-0.3, -0.25) is 9.59 Å². The van der Waals surface area contributed by atoms with Crippen molar-refractivity contribution in [2.24, 2.45) is 0 Å². The van der Waals surface area contributed by atoms with E-state index in [1.807, 2.05) is 0 Å². The zero-order valence-electron chi connectivity index (χ0n) is 8.07. The Kier molecular flexibility index (Phi) is 2.17. The first-order valence-electron chi connectivity index (χ1n) is 4.52. The van der Waals surface area contributed by atoms with Crippen molar-refractivity contribution >= 4 is 11.0 Å². The SMILES string of the molecule is C[C@H](O)c1ccc2[nH]c(=O)c(=O)[nH]c2c1. The smallest absolute Gasteiger partial charge is 0.314 e. The molecular weight excluding hydrogens is 196 g/mol. The molecule has 1 atom stereocenters. The molecule has 0 radical (unpaired) electrons. The Morgan fingerprint density at radius 2 is 1.73 bits per heavy atom. The summed E-state index contributed by atoms with van der Waals surface area (Å²) in [5.41, 5.74) is 0.379. The van der Waals surface area contributed by atoms with Gasteiger partial charge in [0.1, 0.15) is 0 Å². The molecule has 15 heavy (non-hydrogen) atoms. The predicted octanol–water partition coefficient (Wildman–Crippen LogP) is 0.270. The summed E-state index contributed by atoms with van der Waals surface area (Å²) in [6, 6.07) is 4.98. The van der Waals surface area contributed by atoms with Crippen molar-refractivity contribution in [3.05, 3.63) is 44.5 Å². The molecule has 0 saturated heterocycles. The highest BCUT2D eigenvalue weighted by molar-refractivity contribution is 5.74. The van der Waals surface area contributed by atoms with E-state index in [0.29, 0.717) is 16.6 Å². The fraction of sp³-hybridized carbons (Fsp3) is 0.200. The summed E-state index contributed by atoms with van der Waals surface area (Å²) >= 11 is 0. The van der Waals surface area contributed by atoms with E-state index in [2.05, 4.69) is 9.97 Å². The maximum absolute atomic E-state index is 11.1. The van der Waals surface area contributed by atoms with Gasteiger partial charge < -0.3 is 15.1 Å². The van der Waals surface area contributed by atoms with Crippen molar-refractivity contribution in [3.63, 3.8) is 0 Å². The van der Waals surface area contributed by atoms with Crippen LogP contribution >= 0.6 is 0 Å². The van der Waals surface area contributed by atoms with Crippen LogP contribution in [0, 0.1) is 0 Å². The summed E-state index contributed by atoms with van der Waals surface area (Å²) in [6.07, 6.45) is -0.607. The zero-order chi connectivity index (χ0) is 11.0. The Morgan fingerprint density at radius 1 is 1.13 bits per heavy atom. The Labute approximate surface area is 84.4 Å². The number of aliphatic hydroxyl groups excluding tert-OH is 1. The van der Waals surface area contributed by atoms with Crippen LogP contribution in [0.15, 0.2) is 27.8 Å². The van der Waals surface area contributed by atoms with Gasteiger partial charge in [0.05, 0.1) is 17.1 Å². The van der Waals surface area contributed by atoms with Crippen molar-refractivity contribution in [2.75, 3.05) is 0 Å². The summed E-state index contributed by atoms with van der Waals surface area (Å²) in [4.78, 5) is 26.9. The van der Waals surface area contributed by atoms with E-state index in [9.17, 15) is 14.7 Å². The first-order valence-corrected chi connectivity index (χ1v) is 4.52. The lowest BCUT2D eigenvalue weighted by Crippen LogP contribution is -2.28. The van der Waals surface area contributed by atoms with E-state index in [1.54, 1.807) is 25.1 Å². The van der Waals surface area contributed by atoms with Gasteiger partial charge in [0.2, 0.25) is 0 Å². The van der Waals surface area contributed by atoms with Gasteiger partial charge in [0, 0.05) is 0 Å². The first kappa shape index (κ1) is 9.67. The molecule has 1 aromatic carbocycles. The minimum atomic E-state index is -0.690. The predicted molar refractivity (Wildman–Crippen MR) is 55.8 cm³/mol. The molecule has 0 aliphatic carbocycles. The minimum Gasteiger partial charge on any atom is -0.389 e. The number of aromatic nitrogens is 2. The number of nitrogens with one attached hydrogen (secondary N) is 2. The fourth-order valence-electron chi connectivity index (χ4n) is 1.39. The summed E-state index contributed by atoms with van der Waals surface area (Å²) in [5, 5.41) is 9.34. The molecule has 3 N–H and O–H groups in total. The number of benzene rings is 1. The Hall–Kier alpha value is -1.88. The monoisotopic (exact) mass is 206 g/mol. The molecule has 1 heterocycles. The molecule has 0 aliphatic heterocycles. The molecule has 0 fully saturated rings. The second kappa shape index (κ2) is 3.36. The summed E-state index contributed by atoms with van der Waals surface area (Å²) in [7, 11) is 0. The number of rotatable bonds is 1. The van der Waals surface area contributed by atoms with Gasteiger partial charge in [-0.1, -0.05) is 6.07 Å². The first-order chi connectivity index (χ1) is 7.08. The molecule has 0 amide bonds. The standard InChI is InChI=1S/C10H10N2O3/c1-5(13)6-2-3-7-8(4-6)12-10(15)9(14)11-7/h2-5,13H,1H3,(H,11,14)(H,12,15)/t5-/m0/s1. The van der Waals surface area contributed by atoms with Gasteiger partial charge in [-0.2, -0.15) is 0 Å². The van der Waals surface area contributed by atoms with E-state index in [-0.39, 0.29) is 0 Å². The maximum Gasteiger partial charge on any atom is 0.314 e. The Bertz CT molecular complexity index is 610. The largest absolute Gasteiger partial charge is 0.389 e. The third kappa shape index (κ3) is 1.69. The minimum absolute atomic E-state index is 0.512. The molecule has 0 spiro atoms. The van der Waals surface area contributed by atoms with Gasteiger partial charge in [0.15, 0.2) is 0 Å². The average Bonchev–Trinajstić information content (AvgIpc) is 2.19. The lowest BCUT2D eigenvalue weighted by molar-refractivity contribution is 0.199. The summed E-state index contributed by atoms with van der Waals surface area (Å²) < 4.78 is 0. The van der Waals surface area contributed by atoms with E-state index >= 15 is 0 Å². The number of fused-ring (bicyclic) bond motifs is 1. The van der Waals surface area contributed by atoms with E-state index in [1.165, 1.54) is 0 Å². The van der Waals surface area contributed by atoms with Crippen molar-refractivity contribution < 1.29 is 5.11 Å². The van der Waals surface area contributed by atoms with Crippen LogP contribution in [0.3, 0.4) is 0 Å². The molecule has 1 aromatic heterocycles. The van der Waals surface area contributed by atoms with Crippen LogP contribution in [-0.4, -0.2) is 15.1 Å². The second-order valence-corrected chi connectivity index (χ2v) is 3.39. The highest BCUT2D eigenvalue weighted by atomic mass is 16.3. The van der Waals surface area contributed by atoms with Crippen molar-refractivity contribution in [2.45, 2.75) is 13.0 Å². The Balaban J connectivity index is 2.77. The average molecular weight is 206 g/mol. The lowest BCUT2D eigenvalue weighted by Gasteiger charge is -2.05. The van der Waals surface area contributed by atoms with Crippen LogP contribution in [0.1, 0.15) is 18.6 Å². The number of aromatic amines is 2. The molecule has 5 nitrogen and oxygen atoms in total. The second-order valence-electron chi connectivity index (χ2n) is 3.39. The van der Waals surface area contributed by atoms with Crippen molar-refractivity contribution in [1.29, 1.82) is 0 Å². The molecule has 2 rings (SSSR count). The van der Waals surface area contributed by atoms with E-state index < -0.39 is 17.2 Å². The third-order valence-corrected chi connectivity index (χ3v) is 2.23. The normalized spacial score (nSPS) is 12.9. The number of hydrogen-bond acceptors (Lipinski definition) is 3. The van der Waals surface area contributed by atoms with Crippen molar-refractivity contribution in [3.8, 4) is 0 Å². The van der Waals surface area contributed by atoms with Crippen LogP contribution in [0.5, 0.6) is 0 Å². The van der Waals surface area contributed by atoms with Gasteiger partial charge in [-0.15, -0.1) is 0 Å². The summed E-state index contributed by atoms with van der Waals surface area (Å²) in [5.74, 6) is 0. The molecular formula is C10H10N2O3. The number of aliphatic hydroxyl groups is 1. The van der Waals surface area contributed by atoms with Gasteiger partial charge in [0.25, 0.3) is 0 Å². The molecule has 0 bridgehead atoms. The van der Waals surface area contributed by atoms with Crippen LogP contribution in [0.4, 0.5) is 0 Å². The molecule has 2 aromatic rings. The van der Waals surface area contributed by atoms with Crippen molar-refractivity contribution in [1.82, 2.24) is 9.97 Å². The molecule has 0 saturated carbocycles. The summed E-state index contributed by atoms with van der Waals surface area (Å²) in [6.45, 7) is 1.63. The van der Waals surface area contributed by atoms with Crippen LogP contribution in [-0.2, 0) is 0 Å². The quantitative estimate of drug-likeness (QED) is 0.585. The zero-order valence-corrected chi connectivity index (χ0v) is 8.07. The maximum atomic E-state index is 11.1. The van der Waals surface area contributed by atoms with Gasteiger partial charge >= 0.3 is 11.1 Å². The highest BCUT2D eigenvalue weighted by Gasteiger charge is 2.03. The third-order valence-electron chi connectivity index (χ3n) is 2.23. The van der Waals surface area contributed by atoms with E-state index in [4.69, 9.17) is 0 Å². The van der Waals surface area contributed by atoms with Gasteiger partial charge in [-0.25, -0.2) is 0 Å². The molecule has 5 heteroatoms. The molecule has 78 valence electrons.